The first-order chi connectivity index (χ1) is 6.42. The Morgan fingerprint density at radius 2 is 2.31 bits per heavy atom. The molecule has 0 amide bonds. The number of hydrogen-bond donors (Lipinski definition) is 1. The van der Waals surface area contributed by atoms with Crippen molar-refractivity contribution in [1.82, 2.24) is 10.2 Å². The summed E-state index contributed by atoms with van der Waals surface area (Å²) in [5.41, 5.74) is 0. The molecule has 0 unspecified atom stereocenters. The van der Waals surface area contributed by atoms with Gasteiger partial charge in [0.05, 0.1) is 0 Å². The highest BCUT2D eigenvalue weighted by Gasteiger charge is 2.33. The van der Waals surface area contributed by atoms with Crippen LogP contribution in [0.2, 0.25) is 0 Å². The average Bonchev–Trinajstić information content (AvgIpc) is 2.62. The average molecular weight is 182 g/mol. The van der Waals surface area contributed by atoms with Crippen LogP contribution in [-0.4, -0.2) is 36.6 Å². The summed E-state index contributed by atoms with van der Waals surface area (Å²) >= 11 is 0. The molecule has 1 heterocycles. The van der Waals surface area contributed by atoms with Gasteiger partial charge in [-0.3, -0.25) is 4.90 Å². The minimum atomic E-state index is 0.825. The fourth-order valence-corrected chi connectivity index (χ4v) is 2.81. The van der Waals surface area contributed by atoms with Crippen molar-refractivity contribution >= 4 is 0 Å². The van der Waals surface area contributed by atoms with E-state index in [1.54, 1.807) is 0 Å². The van der Waals surface area contributed by atoms with Crippen LogP contribution in [0.4, 0.5) is 0 Å². The number of rotatable bonds is 3. The summed E-state index contributed by atoms with van der Waals surface area (Å²) in [7, 11) is 0. The lowest BCUT2D eigenvalue weighted by molar-refractivity contribution is 0.135. The highest BCUT2D eigenvalue weighted by atomic mass is 15.2. The minimum absolute atomic E-state index is 0.825. The molecule has 2 fully saturated rings. The van der Waals surface area contributed by atoms with E-state index in [0.717, 1.165) is 12.1 Å². The van der Waals surface area contributed by atoms with Gasteiger partial charge in [0.2, 0.25) is 0 Å². The molecule has 2 heteroatoms. The third-order valence-corrected chi connectivity index (χ3v) is 3.55. The van der Waals surface area contributed by atoms with Gasteiger partial charge in [0.25, 0.3) is 0 Å². The van der Waals surface area contributed by atoms with Crippen molar-refractivity contribution in [3.63, 3.8) is 0 Å². The Hall–Kier alpha value is -0.0800. The molecular formula is C11H22N2. The summed E-state index contributed by atoms with van der Waals surface area (Å²) in [5, 5.41) is 3.65. The Morgan fingerprint density at radius 1 is 1.38 bits per heavy atom. The van der Waals surface area contributed by atoms with Gasteiger partial charge in [0, 0.05) is 25.2 Å². The number of hydrogen-bond acceptors (Lipinski definition) is 2. The summed E-state index contributed by atoms with van der Waals surface area (Å²) in [5.74, 6) is 0. The molecule has 0 bridgehead atoms. The standard InChI is InChI=1S/C11H22N2/c1-2-3-8-13-9-7-12-10-5-4-6-11(10)13/h10-12H,2-9H2,1H3/t10-,11+/m1/s1. The summed E-state index contributed by atoms with van der Waals surface area (Å²) in [6.07, 6.45) is 6.99. The zero-order valence-electron chi connectivity index (χ0n) is 8.76. The molecule has 0 aromatic carbocycles. The first-order valence-electron chi connectivity index (χ1n) is 5.89. The summed E-state index contributed by atoms with van der Waals surface area (Å²) in [6.45, 7) is 6.11. The molecule has 0 aromatic rings. The summed E-state index contributed by atoms with van der Waals surface area (Å²) in [6, 6.07) is 1.70. The number of nitrogens with zero attached hydrogens (tertiary/aromatic N) is 1. The molecule has 76 valence electrons. The van der Waals surface area contributed by atoms with E-state index >= 15 is 0 Å². The van der Waals surface area contributed by atoms with Crippen molar-refractivity contribution in [2.24, 2.45) is 0 Å². The molecule has 0 spiro atoms. The number of fused-ring (bicyclic) bond motifs is 1. The third-order valence-electron chi connectivity index (χ3n) is 3.55. The van der Waals surface area contributed by atoms with Crippen molar-refractivity contribution in [1.29, 1.82) is 0 Å². The topological polar surface area (TPSA) is 15.3 Å². The quantitative estimate of drug-likeness (QED) is 0.713. The number of piperazine rings is 1. The van der Waals surface area contributed by atoms with E-state index < -0.39 is 0 Å². The predicted molar refractivity (Wildman–Crippen MR) is 55.9 cm³/mol. The molecule has 2 atom stereocenters. The SMILES string of the molecule is CCCCN1CCN[C@@H]2CCC[C@@H]21. The Balaban J connectivity index is 1.86. The lowest BCUT2D eigenvalue weighted by Gasteiger charge is -2.38. The van der Waals surface area contributed by atoms with Crippen molar-refractivity contribution in [3.05, 3.63) is 0 Å². The van der Waals surface area contributed by atoms with E-state index in [2.05, 4.69) is 17.1 Å². The predicted octanol–water partition coefficient (Wildman–Crippen LogP) is 1.61. The monoisotopic (exact) mass is 182 g/mol. The van der Waals surface area contributed by atoms with Gasteiger partial charge in [-0.1, -0.05) is 19.8 Å². The lowest BCUT2D eigenvalue weighted by Crippen LogP contribution is -2.55. The number of nitrogens with one attached hydrogen (secondary N) is 1. The van der Waals surface area contributed by atoms with E-state index in [9.17, 15) is 0 Å². The van der Waals surface area contributed by atoms with E-state index in [0.29, 0.717) is 0 Å². The molecule has 1 N–H and O–H groups in total. The Morgan fingerprint density at radius 3 is 3.15 bits per heavy atom. The molecule has 2 nitrogen and oxygen atoms in total. The van der Waals surface area contributed by atoms with Crippen LogP contribution < -0.4 is 5.32 Å². The maximum absolute atomic E-state index is 3.65. The van der Waals surface area contributed by atoms with Crippen molar-refractivity contribution in [3.8, 4) is 0 Å². The highest BCUT2D eigenvalue weighted by Crippen LogP contribution is 2.26. The number of unbranched alkanes of at least 4 members (excludes halogenated alkanes) is 1. The van der Waals surface area contributed by atoms with E-state index in [4.69, 9.17) is 0 Å². The van der Waals surface area contributed by atoms with Crippen molar-refractivity contribution in [2.45, 2.75) is 51.1 Å². The molecular weight excluding hydrogens is 160 g/mol. The highest BCUT2D eigenvalue weighted by molar-refractivity contribution is 4.93. The van der Waals surface area contributed by atoms with Crippen LogP contribution in [0.3, 0.4) is 0 Å². The van der Waals surface area contributed by atoms with Crippen LogP contribution in [0.15, 0.2) is 0 Å². The Bertz CT molecular complexity index is 158. The second-order valence-electron chi connectivity index (χ2n) is 4.45. The minimum Gasteiger partial charge on any atom is -0.311 e. The second kappa shape index (κ2) is 4.43. The lowest BCUT2D eigenvalue weighted by atomic mass is 10.1. The third kappa shape index (κ3) is 2.05. The van der Waals surface area contributed by atoms with E-state index in [-0.39, 0.29) is 0 Å². The molecule has 1 saturated carbocycles. The Kier molecular flexibility index (Phi) is 3.23. The van der Waals surface area contributed by atoms with Crippen LogP contribution in [0.1, 0.15) is 39.0 Å². The van der Waals surface area contributed by atoms with Crippen LogP contribution in [-0.2, 0) is 0 Å². The molecule has 1 aliphatic carbocycles. The van der Waals surface area contributed by atoms with Crippen LogP contribution in [0.25, 0.3) is 0 Å². The van der Waals surface area contributed by atoms with Gasteiger partial charge in [-0.15, -0.1) is 0 Å². The maximum atomic E-state index is 3.65. The van der Waals surface area contributed by atoms with E-state index in [1.807, 2.05) is 0 Å². The van der Waals surface area contributed by atoms with Gasteiger partial charge in [-0.05, 0) is 25.8 Å². The summed E-state index contributed by atoms with van der Waals surface area (Å²) in [4.78, 5) is 2.72. The molecule has 2 rings (SSSR count). The molecule has 1 saturated heterocycles. The molecule has 0 radical (unpaired) electrons. The summed E-state index contributed by atoms with van der Waals surface area (Å²) < 4.78 is 0. The largest absolute Gasteiger partial charge is 0.311 e. The van der Waals surface area contributed by atoms with Crippen molar-refractivity contribution < 1.29 is 0 Å². The van der Waals surface area contributed by atoms with Crippen LogP contribution >= 0.6 is 0 Å². The van der Waals surface area contributed by atoms with Gasteiger partial charge in [0.15, 0.2) is 0 Å². The smallest absolute Gasteiger partial charge is 0.0249 e. The molecule has 1 aliphatic heterocycles. The first-order valence-corrected chi connectivity index (χ1v) is 5.89. The Labute approximate surface area is 81.7 Å². The van der Waals surface area contributed by atoms with Gasteiger partial charge in [0.1, 0.15) is 0 Å². The normalized spacial score (nSPS) is 34.8. The van der Waals surface area contributed by atoms with Gasteiger partial charge >= 0.3 is 0 Å². The zero-order valence-corrected chi connectivity index (χ0v) is 8.76. The zero-order chi connectivity index (χ0) is 9.10. The molecule has 0 aromatic heterocycles. The van der Waals surface area contributed by atoms with Crippen LogP contribution in [0.5, 0.6) is 0 Å². The second-order valence-corrected chi connectivity index (χ2v) is 4.45. The van der Waals surface area contributed by atoms with E-state index in [1.165, 1.54) is 51.7 Å². The maximum Gasteiger partial charge on any atom is 0.0249 e. The fraction of sp³-hybridized carbons (Fsp3) is 1.00. The molecule has 2 aliphatic rings. The van der Waals surface area contributed by atoms with Gasteiger partial charge < -0.3 is 5.32 Å². The van der Waals surface area contributed by atoms with Crippen molar-refractivity contribution in [2.75, 3.05) is 19.6 Å². The first kappa shape index (κ1) is 9.47. The van der Waals surface area contributed by atoms with Gasteiger partial charge in [-0.2, -0.15) is 0 Å². The fourth-order valence-electron chi connectivity index (χ4n) is 2.81. The molecule has 13 heavy (non-hydrogen) atoms. The van der Waals surface area contributed by atoms with Crippen LogP contribution in [0, 0.1) is 0 Å². The van der Waals surface area contributed by atoms with Gasteiger partial charge in [-0.25, -0.2) is 0 Å².